The maximum atomic E-state index is 10.4. The minimum absolute atomic E-state index is 0.222. The molecule has 0 aliphatic heterocycles. The quantitative estimate of drug-likeness (QED) is 0.767. The summed E-state index contributed by atoms with van der Waals surface area (Å²) in [5, 5.41) is 11.9. The van der Waals surface area contributed by atoms with Crippen LogP contribution in [0.2, 0.25) is 0 Å². The molecule has 0 fully saturated rings. The Kier molecular flexibility index (Phi) is 3.96. The molecule has 1 aliphatic rings. The van der Waals surface area contributed by atoms with Gasteiger partial charge in [-0.25, -0.2) is 0 Å². The Hall–Kier alpha value is -1.58. The monoisotopic (exact) mass is 234 g/mol. The molecule has 4 nitrogen and oxygen atoms in total. The predicted molar refractivity (Wildman–Crippen MR) is 66.2 cm³/mol. The van der Waals surface area contributed by atoms with E-state index in [0.717, 1.165) is 18.5 Å². The van der Waals surface area contributed by atoms with E-state index in [1.54, 1.807) is 0 Å². The third kappa shape index (κ3) is 3.19. The summed E-state index contributed by atoms with van der Waals surface area (Å²) in [6.07, 6.45) is 7.33. The minimum Gasteiger partial charge on any atom is -0.481 e. The number of carboxylic acids is 1. The topological polar surface area (TPSA) is 62.2 Å². The lowest BCUT2D eigenvalue weighted by Gasteiger charge is -2.18. The van der Waals surface area contributed by atoms with Gasteiger partial charge in [0.05, 0.1) is 0 Å². The van der Waals surface area contributed by atoms with Crippen LogP contribution in [0.3, 0.4) is 0 Å². The van der Waals surface area contributed by atoms with E-state index in [4.69, 9.17) is 5.11 Å². The molecule has 1 aromatic rings. The highest BCUT2D eigenvalue weighted by atomic mass is 16.4. The number of carbonyl (C=O) groups is 1. The first-order valence-electron chi connectivity index (χ1n) is 6.20. The fraction of sp³-hybridized carbons (Fsp3) is 0.538. The molecule has 0 bridgehead atoms. The van der Waals surface area contributed by atoms with Gasteiger partial charge in [0, 0.05) is 30.5 Å². The molecule has 0 amide bonds. The molecule has 4 heteroatoms. The van der Waals surface area contributed by atoms with Crippen molar-refractivity contribution in [3.63, 3.8) is 0 Å². The minimum atomic E-state index is -0.733. The molecule has 0 saturated heterocycles. The Labute approximate surface area is 101 Å². The fourth-order valence-corrected chi connectivity index (χ4v) is 2.25. The number of fused-ring (bicyclic) bond motifs is 1. The largest absolute Gasteiger partial charge is 0.481 e. The summed E-state index contributed by atoms with van der Waals surface area (Å²) in [5.41, 5.74) is 3.67. The number of pyridine rings is 1. The normalized spacial score (nSPS) is 14.1. The van der Waals surface area contributed by atoms with Crippen LogP contribution < -0.4 is 5.32 Å². The van der Waals surface area contributed by atoms with Crippen LogP contribution in [0, 0.1) is 0 Å². The number of carboxylic acid groups (broad SMARTS) is 1. The smallest absolute Gasteiger partial charge is 0.303 e. The van der Waals surface area contributed by atoms with Gasteiger partial charge < -0.3 is 10.4 Å². The van der Waals surface area contributed by atoms with E-state index in [0.29, 0.717) is 13.0 Å². The summed E-state index contributed by atoms with van der Waals surface area (Å²) >= 11 is 0. The number of hydrogen-bond acceptors (Lipinski definition) is 3. The van der Waals surface area contributed by atoms with E-state index in [2.05, 4.69) is 10.3 Å². The first-order chi connectivity index (χ1) is 8.27. The molecule has 0 aromatic carbocycles. The van der Waals surface area contributed by atoms with E-state index in [9.17, 15) is 4.79 Å². The van der Waals surface area contributed by atoms with Crippen LogP contribution in [-0.4, -0.2) is 22.6 Å². The van der Waals surface area contributed by atoms with E-state index in [1.807, 2.05) is 12.3 Å². The number of anilines is 1. The van der Waals surface area contributed by atoms with Crippen LogP contribution in [0.1, 0.15) is 36.9 Å². The van der Waals surface area contributed by atoms with Crippen LogP contribution in [0.4, 0.5) is 5.69 Å². The van der Waals surface area contributed by atoms with Crippen molar-refractivity contribution in [1.29, 1.82) is 0 Å². The molecule has 0 atom stereocenters. The number of aryl methyl sites for hydroxylation is 1. The van der Waals surface area contributed by atoms with Gasteiger partial charge >= 0.3 is 5.97 Å². The van der Waals surface area contributed by atoms with E-state index < -0.39 is 5.97 Å². The van der Waals surface area contributed by atoms with E-state index >= 15 is 0 Å². The Bertz CT molecular complexity index is 404. The Morgan fingerprint density at radius 2 is 2.24 bits per heavy atom. The second kappa shape index (κ2) is 5.66. The first kappa shape index (κ1) is 11.9. The van der Waals surface area contributed by atoms with Gasteiger partial charge in [0.15, 0.2) is 0 Å². The van der Waals surface area contributed by atoms with Gasteiger partial charge in [-0.2, -0.15) is 0 Å². The second-order valence-corrected chi connectivity index (χ2v) is 4.41. The molecule has 0 radical (unpaired) electrons. The number of nitrogens with one attached hydrogen (secondary N) is 1. The molecule has 1 heterocycles. The fourth-order valence-electron chi connectivity index (χ4n) is 2.25. The lowest BCUT2D eigenvalue weighted by atomic mass is 9.95. The second-order valence-electron chi connectivity index (χ2n) is 4.41. The maximum Gasteiger partial charge on any atom is 0.303 e. The maximum absolute atomic E-state index is 10.4. The van der Waals surface area contributed by atoms with Crippen molar-refractivity contribution >= 4 is 11.7 Å². The summed E-state index contributed by atoms with van der Waals surface area (Å²) < 4.78 is 0. The molecular formula is C13H18N2O2. The summed E-state index contributed by atoms with van der Waals surface area (Å²) in [4.78, 5) is 14.8. The van der Waals surface area contributed by atoms with Gasteiger partial charge in [-0.3, -0.25) is 9.78 Å². The molecule has 92 valence electrons. The molecule has 2 N–H and O–H groups in total. The highest BCUT2D eigenvalue weighted by Crippen LogP contribution is 2.25. The molecule has 17 heavy (non-hydrogen) atoms. The zero-order chi connectivity index (χ0) is 12.1. The van der Waals surface area contributed by atoms with Gasteiger partial charge in [-0.1, -0.05) is 0 Å². The van der Waals surface area contributed by atoms with Crippen LogP contribution in [0.15, 0.2) is 12.3 Å². The summed E-state index contributed by atoms with van der Waals surface area (Å²) in [6.45, 7) is 0.711. The van der Waals surface area contributed by atoms with Crippen molar-refractivity contribution in [2.75, 3.05) is 11.9 Å². The third-order valence-electron chi connectivity index (χ3n) is 3.12. The summed E-state index contributed by atoms with van der Waals surface area (Å²) in [5.74, 6) is -0.733. The van der Waals surface area contributed by atoms with Crippen molar-refractivity contribution < 1.29 is 9.90 Å². The average molecular weight is 234 g/mol. The first-order valence-corrected chi connectivity index (χ1v) is 6.20. The Balaban J connectivity index is 1.94. The Morgan fingerprint density at radius 1 is 1.41 bits per heavy atom. The highest BCUT2D eigenvalue weighted by Gasteiger charge is 2.13. The molecule has 1 aliphatic carbocycles. The highest BCUT2D eigenvalue weighted by molar-refractivity contribution is 5.66. The Morgan fingerprint density at radius 3 is 3.06 bits per heavy atom. The molecular weight excluding hydrogens is 216 g/mol. The number of nitrogens with zero attached hydrogens (tertiary/aromatic N) is 1. The van der Waals surface area contributed by atoms with Gasteiger partial charge in [0.1, 0.15) is 0 Å². The molecule has 2 rings (SSSR count). The molecule has 1 aromatic heterocycles. The third-order valence-corrected chi connectivity index (χ3v) is 3.12. The van der Waals surface area contributed by atoms with Gasteiger partial charge in [-0.15, -0.1) is 0 Å². The van der Waals surface area contributed by atoms with Crippen LogP contribution in [-0.2, 0) is 17.6 Å². The van der Waals surface area contributed by atoms with Crippen LogP contribution in [0.25, 0.3) is 0 Å². The summed E-state index contributed by atoms with van der Waals surface area (Å²) in [6, 6.07) is 1.99. The van der Waals surface area contributed by atoms with Crippen molar-refractivity contribution in [3.05, 3.63) is 23.5 Å². The number of aliphatic carboxylic acids is 1. The number of hydrogen-bond donors (Lipinski definition) is 2. The van der Waals surface area contributed by atoms with E-state index in [1.165, 1.54) is 24.1 Å². The van der Waals surface area contributed by atoms with Crippen molar-refractivity contribution in [3.8, 4) is 0 Å². The molecule has 0 unspecified atom stereocenters. The lowest BCUT2D eigenvalue weighted by molar-refractivity contribution is -0.137. The number of aromatic nitrogens is 1. The van der Waals surface area contributed by atoms with Crippen molar-refractivity contribution in [2.45, 2.75) is 38.5 Å². The SMILES string of the molecule is O=C(O)CCCNc1ccnc2c1CCCC2. The zero-order valence-electron chi connectivity index (χ0n) is 9.91. The molecule has 0 spiro atoms. The van der Waals surface area contributed by atoms with E-state index in [-0.39, 0.29) is 6.42 Å². The molecule has 0 saturated carbocycles. The number of rotatable bonds is 5. The standard InChI is InChI=1S/C13H18N2O2/c16-13(17)6-3-8-14-12-7-9-15-11-5-2-1-4-10(11)12/h7,9H,1-6,8H2,(H,14,15)(H,16,17). The van der Waals surface area contributed by atoms with Crippen molar-refractivity contribution in [1.82, 2.24) is 4.98 Å². The van der Waals surface area contributed by atoms with Gasteiger partial charge in [-0.05, 0) is 43.7 Å². The van der Waals surface area contributed by atoms with Gasteiger partial charge in [0.2, 0.25) is 0 Å². The van der Waals surface area contributed by atoms with Gasteiger partial charge in [0.25, 0.3) is 0 Å². The predicted octanol–water partition coefficient (Wildman–Crippen LogP) is 2.24. The zero-order valence-corrected chi connectivity index (χ0v) is 9.91. The average Bonchev–Trinajstić information content (AvgIpc) is 2.34. The lowest BCUT2D eigenvalue weighted by Crippen LogP contribution is -2.11. The van der Waals surface area contributed by atoms with Crippen LogP contribution >= 0.6 is 0 Å². The summed E-state index contributed by atoms with van der Waals surface area (Å²) in [7, 11) is 0. The van der Waals surface area contributed by atoms with Crippen LogP contribution in [0.5, 0.6) is 0 Å². The van der Waals surface area contributed by atoms with Crippen molar-refractivity contribution in [2.24, 2.45) is 0 Å².